The first-order valence-electron chi connectivity index (χ1n) is 8.87. The Labute approximate surface area is 157 Å². The fraction of sp³-hybridized carbons (Fsp3) is 0.364. The fourth-order valence-corrected chi connectivity index (χ4v) is 2.78. The van der Waals surface area contributed by atoms with Crippen molar-refractivity contribution in [3.63, 3.8) is 0 Å². The summed E-state index contributed by atoms with van der Waals surface area (Å²) < 4.78 is 16.8. The van der Waals surface area contributed by atoms with Crippen LogP contribution in [0.3, 0.4) is 0 Å². The van der Waals surface area contributed by atoms with Crippen LogP contribution >= 0.6 is 0 Å². The molecule has 140 valence electrons. The first kappa shape index (κ1) is 19.9. The van der Waals surface area contributed by atoms with Gasteiger partial charge < -0.3 is 19.1 Å². The Morgan fingerprint density at radius 3 is 2.42 bits per heavy atom. The Hall–Kier alpha value is -2.46. The maximum absolute atomic E-state index is 6.06. The summed E-state index contributed by atoms with van der Waals surface area (Å²) in [6.07, 6.45) is 3.31. The van der Waals surface area contributed by atoms with Gasteiger partial charge in [0.2, 0.25) is 0 Å². The van der Waals surface area contributed by atoms with Crippen molar-refractivity contribution in [3.05, 3.63) is 72.5 Å². The van der Waals surface area contributed by atoms with Crippen LogP contribution in [0.25, 0.3) is 0 Å². The zero-order valence-electron chi connectivity index (χ0n) is 16.0. The second kappa shape index (κ2) is 10.5. The molecule has 2 rings (SSSR count). The van der Waals surface area contributed by atoms with Crippen LogP contribution in [0.4, 0.5) is 0 Å². The Morgan fingerprint density at radius 2 is 1.77 bits per heavy atom. The highest BCUT2D eigenvalue weighted by atomic mass is 16.5. The molecule has 0 aliphatic heterocycles. The molecule has 2 aromatic carbocycles. The van der Waals surface area contributed by atoms with Crippen molar-refractivity contribution in [2.75, 3.05) is 34.4 Å². The van der Waals surface area contributed by atoms with E-state index >= 15 is 0 Å². The van der Waals surface area contributed by atoms with Crippen molar-refractivity contribution in [2.45, 2.75) is 18.9 Å². The topological polar surface area (TPSA) is 30.9 Å². The van der Waals surface area contributed by atoms with Crippen LogP contribution in [0.15, 0.2) is 61.4 Å². The lowest BCUT2D eigenvalue weighted by Crippen LogP contribution is -2.32. The number of rotatable bonds is 11. The molecule has 0 saturated heterocycles. The first-order valence-corrected chi connectivity index (χ1v) is 8.87. The lowest BCUT2D eigenvalue weighted by Gasteiger charge is -2.21. The summed E-state index contributed by atoms with van der Waals surface area (Å²) in [6.45, 7) is 4.92. The molecule has 0 radical (unpaired) electrons. The van der Waals surface area contributed by atoms with Crippen molar-refractivity contribution in [3.8, 4) is 11.5 Å². The summed E-state index contributed by atoms with van der Waals surface area (Å²) in [6, 6.07) is 16.4. The molecule has 0 unspecified atom stereocenters. The molecule has 0 aliphatic carbocycles. The van der Waals surface area contributed by atoms with Crippen LogP contribution in [0.2, 0.25) is 0 Å². The van der Waals surface area contributed by atoms with Gasteiger partial charge in [0.1, 0.15) is 24.2 Å². The Balaban J connectivity index is 1.96. The highest BCUT2D eigenvalue weighted by Gasteiger charge is 2.12. The lowest BCUT2D eigenvalue weighted by atomic mass is 10.0. The first-order chi connectivity index (χ1) is 12.6. The van der Waals surface area contributed by atoms with Crippen molar-refractivity contribution >= 4 is 0 Å². The Bertz CT molecular complexity index is 667. The number of benzene rings is 2. The van der Waals surface area contributed by atoms with Gasteiger partial charge in [0, 0.05) is 6.54 Å². The molecule has 26 heavy (non-hydrogen) atoms. The van der Waals surface area contributed by atoms with Crippen LogP contribution < -0.4 is 9.47 Å². The van der Waals surface area contributed by atoms with Gasteiger partial charge in [-0.25, -0.2) is 0 Å². The summed E-state index contributed by atoms with van der Waals surface area (Å²) in [5.41, 5.74) is 2.48. The average Bonchev–Trinajstić information content (AvgIpc) is 2.65. The van der Waals surface area contributed by atoms with Crippen LogP contribution in [0, 0.1) is 0 Å². The monoisotopic (exact) mass is 355 g/mol. The predicted octanol–water partition coefficient (Wildman–Crippen LogP) is 3.95. The molecular formula is C22H29NO3. The van der Waals surface area contributed by atoms with Crippen LogP contribution in [-0.4, -0.2) is 45.4 Å². The molecule has 0 fully saturated rings. The van der Waals surface area contributed by atoms with Crippen molar-refractivity contribution in [2.24, 2.45) is 0 Å². The molecule has 0 heterocycles. The standard InChI is InChI=1S/C22H29NO3/c1-5-25-21(16-23(2)3)17-26-22-9-7-6-8-19(22)13-10-18-11-14-20(24-4)15-12-18/h5-9,11-12,14-15,21H,1,10,13,16-17H2,2-4H3/t21-/m1/s1. The molecule has 1 atom stereocenters. The number of ether oxygens (including phenoxy) is 3. The van der Waals surface area contributed by atoms with E-state index in [0.717, 1.165) is 30.9 Å². The summed E-state index contributed by atoms with van der Waals surface area (Å²) >= 11 is 0. The summed E-state index contributed by atoms with van der Waals surface area (Å²) in [5.74, 6) is 1.80. The van der Waals surface area contributed by atoms with Crippen LogP contribution in [-0.2, 0) is 17.6 Å². The quantitative estimate of drug-likeness (QED) is 0.571. The van der Waals surface area contributed by atoms with Gasteiger partial charge in [-0.2, -0.15) is 0 Å². The molecule has 0 amide bonds. The van der Waals surface area contributed by atoms with Gasteiger partial charge in [0.15, 0.2) is 0 Å². The van der Waals surface area contributed by atoms with E-state index in [2.05, 4.69) is 29.7 Å². The van der Waals surface area contributed by atoms with Crippen molar-refractivity contribution < 1.29 is 14.2 Å². The number of para-hydroxylation sites is 1. The van der Waals surface area contributed by atoms with Gasteiger partial charge in [0.25, 0.3) is 0 Å². The number of aryl methyl sites for hydroxylation is 2. The molecular weight excluding hydrogens is 326 g/mol. The van der Waals surface area contributed by atoms with E-state index in [4.69, 9.17) is 14.2 Å². The minimum atomic E-state index is -0.0443. The molecule has 0 spiro atoms. The van der Waals surface area contributed by atoms with E-state index in [1.54, 1.807) is 7.11 Å². The van der Waals surface area contributed by atoms with Gasteiger partial charge in [-0.05, 0) is 56.3 Å². The smallest absolute Gasteiger partial charge is 0.144 e. The zero-order chi connectivity index (χ0) is 18.8. The normalized spacial score (nSPS) is 11.8. The van der Waals surface area contributed by atoms with Crippen LogP contribution in [0.5, 0.6) is 11.5 Å². The molecule has 0 bridgehead atoms. The fourth-order valence-electron chi connectivity index (χ4n) is 2.78. The van der Waals surface area contributed by atoms with E-state index in [1.807, 2.05) is 44.4 Å². The van der Waals surface area contributed by atoms with E-state index in [0.29, 0.717) is 6.61 Å². The van der Waals surface area contributed by atoms with Crippen molar-refractivity contribution in [1.82, 2.24) is 4.90 Å². The molecule has 4 heteroatoms. The molecule has 2 aromatic rings. The minimum absolute atomic E-state index is 0.0443. The minimum Gasteiger partial charge on any atom is -0.497 e. The lowest BCUT2D eigenvalue weighted by molar-refractivity contribution is 0.0670. The molecule has 0 saturated carbocycles. The third kappa shape index (κ3) is 6.45. The third-order valence-electron chi connectivity index (χ3n) is 4.10. The van der Waals surface area contributed by atoms with Gasteiger partial charge >= 0.3 is 0 Å². The SMILES string of the molecule is C=CO[C@@H](COc1ccccc1CCc1ccc(OC)cc1)CN(C)C. The maximum atomic E-state index is 6.06. The largest absolute Gasteiger partial charge is 0.497 e. The van der Waals surface area contributed by atoms with Gasteiger partial charge in [0.05, 0.1) is 13.4 Å². The predicted molar refractivity (Wildman–Crippen MR) is 106 cm³/mol. The Morgan fingerprint density at radius 1 is 1.04 bits per heavy atom. The third-order valence-corrected chi connectivity index (χ3v) is 4.10. The number of hydrogen-bond acceptors (Lipinski definition) is 4. The number of methoxy groups -OCH3 is 1. The summed E-state index contributed by atoms with van der Waals surface area (Å²) in [4.78, 5) is 2.08. The maximum Gasteiger partial charge on any atom is 0.144 e. The van der Waals surface area contributed by atoms with E-state index in [1.165, 1.54) is 17.4 Å². The summed E-state index contributed by atoms with van der Waals surface area (Å²) in [7, 11) is 5.72. The Kier molecular flexibility index (Phi) is 8.03. The molecule has 4 nitrogen and oxygen atoms in total. The molecule has 0 aliphatic rings. The van der Waals surface area contributed by atoms with Crippen LogP contribution in [0.1, 0.15) is 11.1 Å². The van der Waals surface area contributed by atoms with E-state index < -0.39 is 0 Å². The second-order valence-corrected chi connectivity index (χ2v) is 6.45. The molecule has 0 aromatic heterocycles. The number of nitrogens with zero attached hydrogens (tertiary/aromatic N) is 1. The number of hydrogen-bond donors (Lipinski definition) is 0. The highest BCUT2D eigenvalue weighted by molar-refractivity contribution is 5.35. The van der Waals surface area contributed by atoms with Gasteiger partial charge in [-0.1, -0.05) is 36.9 Å². The van der Waals surface area contributed by atoms with E-state index in [9.17, 15) is 0 Å². The highest BCUT2D eigenvalue weighted by Crippen LogP contribution is 2.21. The van der Waals surface area contributed by atoms with Gasteiger partial charge in [-0.15, -0.1) is 0 Å². The van der Waals surface area contributed by atoms with E-state index in [-0.39, 0.29) is 6.10 Å². The average molecular weight is 355 g/mol. The molecule has 0 N–H and O–H groups in total. The zero-order valence-corrected chi connectivity index (χ0v) is 16.0. The summed E-state index contributed by atoms with van der Waals surface area (Å²) in [5, 5.41) is 0. The number of likely N-dealkylation sites (N-methyl/N-ethyl adjacent to an activating group) is 1. The van der Waals surface area contributed by atoms with Crippen molar-refractivity contribution in [1.29, 1.82) is 0 Å². The van der Waals surface area contributed by atoms with Gasteiger partial charge in [-0.3, -0.25) is 0 Å². The second-order valence-electron chi connectivity index (χ2n) is 6.45.